The second kappa shape index (κ2) is 6.61. The van der Waals surface area contributed by atoms with Gasteiger partial charge in [-0.05, 0) is 35.0 Å². The first kappa shape index (κ1) is 15.6. The Bertz CT molecular complexity index is 494. The maximum Gasteiger partial charge on any atom is 0.325 e. The molecule has 0 bridgehead atoms. The standard InChI is InChI=1S/C10H8BrCl3N2O2/c1-4(12)9(17)16-10(18)15-6-3-2-5(11)7(13)8(6)14/h2-4H,1H3,(H2,15,16,17,18). The Kier molecular flexibility index (Phi) is 5.72. The summed E-state index contributed by atoms with van der Waals surface area (Å²) < 4.78 is 0.602. The van der Waals surface area contributed by atoms with E-state index in [9.17, 15) is 9.59 Å². The summed E-state index contributed by atoms with van der Waals surface area (Å²) in [7, 11) is 0. The highest BCUT2D eigenvalue weighted by Gasteiger charge is 2.15. The largest absolute Gasteiger partial charge is 0.325 e. The molecule has 18 heavy (non-hydrogen) atoms. The number of halogens is 4. The average molecular weight is 374 g/mol. The molecule has 0 saturated carbocycles. The number of carbonyl (C=O) groups is 2. The van der Waals surface area contributed by atoms with Gasteiger partial charge >= 0.3 is 6.03 Å². The summed E-state index contributed by atoms with van der Waals surface area (Å²) in [5.74, 6) is -0.603. The summed E-state index contributed by atoms with van der Waals surface area (Å²) in [4.78, 5) is 22.6. The van der Waals surface area contributed by atoms with Crippen LogP contribution in [0, 0.1) is 0 Å². The Morgan fingerprint density at radius 1 is 1.28 bits per heavy atom. The molecule has 1 unspecified atom stereocenters. The minimum absolute atomic E-state index is 0.174. The maximum absolute atomic E-state index is 11.5. The fraction of sp³-hybridized carbons (Fsp3) is 0.200. The van der Waals surface area contributed by atoms with Crippen molar-refractivity contribution in [3.05, 3.63) is 26.7 Å². The Morgan fingerprint density at radius 3 is 2.44 bits per heavy atom. The number of benzene rings is 1. The molecule has 0 aromatic heterocycles. The Balaban J connectivity index is 2.77. The summed E-state index contributed by atoms with van der Waals surface area (Å²) in [6.07, 6.45) is 0. The number of carbonyl (C=O) groups excluding carboxylic acids is 2. The molecule has 3 amide bonds. The molecule has 4 nitrogen and oxygen atoms in total. The number of hydrogen-bond donors (Lipinski definition) is 2. The van der Waals surface area contributed by atoms with Crippen LogP contribution in [-0.4, -0.2) is 17.3 Å². The molecule has 0 spiro atoms. The fourth-order valence-corrected chi connectivity index (χ4v) is 1.86. The Hall–Kier alpha value is -0.490. The van der Waals surface area contributed by atoms with Crippen molar-refractivity contribution < 1.29 is 9.59 Å². The minimum atomic E-state index is -0.806. The van der Waals surface area contributed by atoms with E-state index in [1.165, 1.54) is 6.92 Å². The van der Waals surface area contributed by atoms with Gasteiger partial charge in [-0.2, -0.15) is 0 Å². The lowest BCUT2D eigenvalue weighted by Crippen LogP contribution is -2.38. The van der Waals surface area contributed by atoms with Crippen molar-refractivity contribution in [2.24, 2.45) is 0 Å². The van der Waals surface area contributed by atoms with Crippen molar-refractivity contribution in [3.63, 3.8) is 0 Å². The van der Waals surface area contributed by atoms with E-state index in [1.807, 2.05) is 0 Å². The molecular formula is C10H8BrCl3N2O2. The molecule has 0 saturated heterocycles. The van der Waals surface area contributed by atoms with Gasteiger partial charge in [0, 0.05) is 4.47 Å². The molecule has 0 aliphatic rings. The van der Waals surface area contributed by atoms with Gasteiger partial charge in [-0.1, -0.05) is 23.2 Å². The minimum Gasteiger partial charge on any atom is -0.306 e. The van der Waals surface area contributed by atoms with Crippen LogP contribution < -0.4 is 10.6 Å². The first-order valence-electron chi connectivity index (χ1n) is 4.72. The zero-order valence-corrected chi connectivity index (χ0v) is 12.9. The lowest BCUT2D eigenvalue weighted by molar-refractivity contribution is -0.119. The van der Waals surface area contributed by atoms with Crippen molar-refractivity contribution in [2.45, 2.75) is 12.3 Å². The molecule has 0 fully saturated rings. The summed E-state index contributed by atoms with van der Waals surface area (Å²) in [5, 5.41) is 4.09. The number of nitrogens with one attached hydrogen (secondary N) is 2. The number of alkyl halides is 1. The monoisotopic (exact) mass is 372 g/mol. The van der Waals surface area contributed by atoms with E-state index < -0.39 is 17.3 Å². The van der Waals surface area contributed by atoms with E-state index in [-0.39, 0.29) is 15.7 Å². The molecule has 0 aliphatic carbocycles. The fourth-order valence-electron chi connectivity index (χ4n) is 0.987. The molecule has 98 valence electrons. The van der Waals surface area contributed by atoms with Gasteiger partial charge in [-0.15, -0.1) is 11.6 Å². The highest BCUT2D eigenvalue weighted by Crippen LogP contribution is 2.35. The van der Waals surface area contributed by atoms with E-state index >= 15 is 0 Å². The predicted octanol–water partition coefficient (Wildman–Crippen LogP) is 4.03. The number of imide groups is 1. The Labute approximate surface area is 127 Å². The van der Waals surface area contributed by atoms with Crippen molar-refractivity contribution >= 4 is 68.4 Å². The van der Waals surface area contributed by atoms with Gasteiger partial charge in [0.25, 0.3) is 0 Å². The van der Waals surface area contributed by atoms with Gasteiger partial charge in [0.05, 0.1) is 15.7 Å². The summed E-state index contributed by atoms with van der Waals surface area (Å²) in [6.45, 7) is 1.45. The lowest BCUT2D eigenvalue weighted by Gasteiger charge is -2.10. The molecule has 0 aliphatic heterocycles. The number of hydrogen-bond acceptors (Lipinski definition) is 2. The molecule has 0 radical (unpaired) electrons. The Morgan fingerprint density at radius 2 is 1.89 bits per heavy atom. The molecular weight excluding hydrogens is 366 g/mol. The highest BCUT2D eigenvalue weighted by atomic mass is 79.9. The molecule has 2 N–H and O–H groups in total. The van der Waals surface area contributed by atoms with Gasteiger partial charge < -0.3 is 5.32 Å². The van der Waals surface area contributed by atoms with Gasteiger partial charge in [-0.3, -0.25) is 10.1 Å². The van der Waals surface area contributed by atoms with Crippen LogP contribution in [0.4, 0.5) is 10.5 Å². The van der Waals surface area contributed by atoms with Gasteiger partial charge in [-0.25, -0.2) is 4.79 Å². The molecule has 0 heterocycles. The lowest BCUT2D eigenvalue weighted by atomic mass is 10.3. The molecule has 8 heteroatoms. The van der Waals surface area contributed by atoms with Gasteiger partial charge in [0.15, 0.2) is 0 Å². The zero-order chi connectivity index (χ0) is 13.9. The van der Waals surface area contributed by atoms with Crippen molar-refractivity contribution in [2.75, 3.05) is 5.32 Å². The van der Waals surface area contributed by atoms with Crippen LogP contribution in [0.15, 0.2) is 16.6 Å². The highest BCUT2D eigenvalue weighted by molar-refractivity contribution is 9.10. The number of anilines is 1. The summed E-state index contributed by atoms with van der Waals surface area (Å²) in [5.41, 5.74) is 0.289. The summed E-state index contributed by atoms with van der Waals surface area (Å²) >= 11 is 20.5. The molecule has 1 aromatic rings. The van der Waals surface area contributed by atoms with E-state index in [0.717, 1.165) is 0 Å². The molecule has 1 aromatic carbocycles. The number of rotatable bonds is 2. The van der Waals surface area contributed by atoms with Gasteiger partial charge in [0.2, 0.25) is 5.91 Å². The quantitative estimate of drug-likeness (QED) is 0.607. The SMILES string of the molecule is CC(Cl)C(=O)NC(=O)Nc1ccc(Br)c(Cl)c1Cl. The van der Waals surface area contributed by atoms with Crippen LogP contribution in [0.25, 0.3) is 0 Å². The second-order valence-corrected chi connectivity index (χ2v) is 5.55. The van der Waals surface area contributed by atoms with E-state index in [0.29, 0.717) is 4.47 Å². The van der Waals surface area contributed by atoms with Crippen LogP contribution in [-0.2, 0) is 4.79 Å². The zero-order valence-electron chi connectivity index (χ0n) is 9.06. The van der Waals surface area contributed by atoms with E-state index in [1.54, 1.807) is 12.1 Å². The molecule has 1 atom stereocenters. The van der Waals surface area contributed by atoms with Crippen LogP contribution in [0.1, 0.15) is 6.92 Å². The van der Waals surface area contributed by atoms with E-state index in [4.69, 9.17) is 34.8 Å². The second-order valence-electron chi connectivity index (χ2n) is 3.28. The summed E-state index contributed by atoms with van der Waals surface area (Å²) in [6, 6.07) is 2.44. The van der Waals surface area contributed by atoms with Crippen molar-refractivity contribution in [1.29, 1.82) is 0 Å². The normalized spacial score (nSPS) is 11.8. The van der Waals surface area contributed by atoms with Crippen LogP contribution in [0.2, 0.25) is 10.0 Å². The number of amides is 3. The van der Waals surface area contributed by atoms with Gasteiger partial charge in [0.1, 0.15) is 5.38 Å². The third kappa shape index (κ3) is 4.02. The third-order valence-corrected chi connectivity index (χ3v) is 3.85. The smallest absolute Gasteiger partial charge is 0.306 e. The van der Waals surface area contributed by atoms with Crippen LogP contribution in [0.3, 0.4) is 0 Å². The molecule has 1 rings (SSSR count). The topological polar surface area (TPSA) is 58.2 Å². The predicted molar refractivity (Wildman–Crippen MR) is 76.6 cm³/mol. The third-order valence-electron chi connectivity index (χ3n) is 1.88. The van der Waals surface area contributed by atoms with Crippen molar-refractivity contribution in [3.8, 4) is 0 Å². The average Bonchev–Trinajstić information content (AvgIpc) is 2.29. The first-order valence-corrected chi connectivity index (χ1v) is 6.71. The van der Waals surface area contributed by atoms with E-state index in [2.05, 4.69) is 26.6 Å². The number of urea groups is 1. The van der Waals surface area contributed by atoms with Crippen molar-refractivity contribution in [1.82, 2.24) is 5.32 Å². The van der Waals surface area contributed by atoms with Crippen LogP contribution >= 0.6 is 50.7 Å². The first-order chi connectivity index (χ1) is 8.32. The van der Waals surface area contributed by atoms with Crippen LogP contribution in [0.5, 0.6) is 0 Å². The maximum atomic E-state index is 11.5.